The average molecular weight is 259 g/mol. The minimum absolute atomic E-state index is 0.505. The molecule has 0 spiro atoms. The maximum Gasteiger partial charge on any atom is 0.0992 e. The van der Waals surface area contributed by atoms with Crippen molar-refractivity contribution in [2.24, 2.45) is 7.05 Å². The second-order valence-corrected chi connectivity index (χ2v) is 5.12. The van der Waals surface area contributed by atoms with Crippen molar-refractivity contribution < 1.29 is 5.11 Å². The molecule has 4 nitrogen and oxygen atoms in total. The Morgan fingerprint density at radius 1 is 1.32 bits per heavy atom. The summed E-state index contributed by atoms with van der Waals surface area (Å²) in [5.41, 5.74) is 2.36. The van der Waals surface area contributed by atoms with Gasteiger partial charge in [0.25, 0.3) is 0 Å². The summed E-state index contributed by atoms with van der Waals surface area (Å²) >= 11 is 0. The van der Waals surface area contributed by atoms with Crippen LogP contribution in [0.2, 0.25) is 0 Å². The smallest absolute Gasteiger partial charge is 0.0992 e. The van der Waals surface area contributed by atoms with E-state index < -0.39 is 5.60 Å². The Kier molecular flexibility index (Phi) is 4.02. The molecule has 0 aliphatic heterocycles. The lowest BCUT2D eigenvalue weighted by Gasteiger charge is -2.24. The highest BCUT2D eigenvalue weighted by Gasteiger charge is 2.22. The lowest BCUT2D eigenvalue weighted by Crippen LogP contribution is -2.35. The predicted octanol–water partition coefficient (Wildman–Crippen LogP) is 1.73. The maximum absolute atomic E-state index is 10.5. The van der Waals surface area contributed by atoms with Gasteiger partial charge in [0, 0.05) is 31.4 Å². The first kappa shape index (κ1) is 13.8. The summed E-state index contributed by atoms with van der Waals surface area (Å²) in [5, 5.41) is 17.9. The summed E-state index contributed by atoms with van der Waals surface area (Å²) in [6.07, 6.45) is 1.86. The first-order valence-corrected chi connectivity index (χ1v) is 6.47. The van der Waals surface area contributed by atoms with E-state index in [1.807, 2.05) is 62.1 Å². The Morgan fingerprint density at radius 3 is 2.58 bits per heavy atom. The molecule has 1 heterocycles. The van der Waals surface area contributed by atoms with E-state index in [1.165, 1.54) is 0 Å². The molecule has 19 heavy (non-hydrogen) atoms. The molecule has 4 heteroatoms. The molecule has 2 aromatic rings. The second-order valence-electron chi connectivity index (χ2n) is 5.12. The number of benzene rings is 1. The van der Waals surface area contributed by atoms with Gasteiger partial charge in [0.15, 0.2) is 0 Å². The van der Waals surface area contributed by atoms with Crippen LogP contribution in [0.25, 0.3) is 0 Å². The van der Waals surface area contributed by atoms with Gasteiger partial charge < -0.3 is 10.4 Å². The first-order chi connectivity index (χ1) is 9.00. The molecule has 0 aliphatic carbocycles. The fraction of sp³-hybridized carbons (Fsp3) is 0.400. The number of rotatable bonds is 5. The van der Waals surface area contributed by atoms with Crippen LogP contribution < -0.4 is 5.32 Å². The third-order valence-corrected chi connectivity index (χ3v) is 3.52. The normalized spacial score (nSPS) is 14.3. The van der Waals surface area contributed by atoms with Crippen molar-refractivity contribution in [2.75, 3.05) is 6.54 Å². The van der Waals surface area contributed by atoms with Gasteiger partial charge in [-0.25, -0.2) is 0 Å². The van der Waals surface area contributed by atoms with Crippen LogP contribution in [-0.2, 0) is 19.2 Å². The van der Waals surface area contributed by atoms with Gasteiger partial charge in [-0.2, -0.15) is 5.10 Å². The van der Waals surface area contributed by atoms with Gasteiger partial charge >= 0.3 is 0 Å². The molecule has 2 rings (SSSR count). The van der Waals surface area contributed by atoms with E-state index in [4.69, 9.17) is 0 Å². The van der Waals surface area contributed by atoms with Crippen molar-refractivity contribution in [3.8, 4) is 0 Å². The number of nitrogens with zero attached hydrogens (tertiary/aromatic N) is 2. The van der Waals surface area contributed by atoms with Crippen LogP contribution in [0.5, 0.6) is 0 Å². The minimum Gasteiger partial charge on any atom is -0.384 e. The number of aromatic nitrogens is 2. The van der Waals surface area contributed by atoms with E-state index in [-0.39, 0.29) is 0 Å². The Hall–Kier alpha value is -1.65. The van der Waals surface area contributed by atoms with Gasteiger partial charge in [0.05, 0.1) is 11.8 Å². The molecule has 0 bridgehead atoms. The molecule has 1 atom stereocenters. The SMILES string of the molecule is Cc1c(CNCC(C)(O)c2ccccc2)cnn1C. The fourth-order valence-electron chi connectivity index (χ4n) is 2.06. The van der Waals surface area contributed by atoms with Crippen molar-refractivity contribution in [2.45, 2.75) is 26.0 Å². The Morgan fingerprint density at radius 2 is 2.00 bits per heavy atom. The van der Waals surface area contributed by atoms with Crippen molar-refractivity contribution >= 4 is 0 Å². The van der Waals surface area contributed by atoms with E-state index in [0.29, 0.717) is 13.1 Å². The van der Waals surface area contributed by atoms with Crippen molar-refractivity contribution in [1.29, 1.82) is 0 Å². The number of aryl methyl sites for hydroxylation is 1. The largest absolute Gasteiger partial charge is 0.384 e. The van der Waals surface area contributed by atoms with E-state index in [0.717, 1.165) is 16.8 Å². The number of nitrogens with one attached hydrogen (secondary N) is 1. The zero-order valence-corrected chi connectivity index (χ0v) is 11.7. The van der Waals surface area contributed by atoms with Gasteiger partial charge in [-0.15, -0.1) is 0 Å². The lowest BCUT2D eigenvalue weighted by atomic mass is 9.96. The third kappa shape index (κ3) is 3.22. The fourth-order valence-corrected chi connectivity index (χ4v) is 2.06. The number of hydrogen-bond acceptors (Lipinski definition) is 3. The standard InChI is InChI=1S/C15H21N3O/c1-12-13(10-17-18(12)3)9-16-11-15(2,19)14-7-5-4-6-8-14/h4-8,10,16,19H,9,11H2,1-3H3. The van der Waals surface area contributed by atoms with Crippen LogP contribution >= 0.6 is 0 Å². The molecule has 1 aromatic carbocycles. The van der Waals surface area contributed by atoms with Gasteiger partial charge in [0.1, 0.15) is 0 Å². The van der Waals surface area contributed by atoms with Gasteiger partial charge in [0.2, 0.25) is 0 Å². The molecular formula is C15H21N3O. The Labute approximate surface area is 114 Å². The molecular weight excluding hydrogens is 238 g/mol. The molecule has 1 aromatic heterocycles. The summed E-state index contributed by atoms with van der Waals surface area (Å²) in [4.78, 5) is 0. The van der Waals surface area contributed by atoms with E-state index in [9.17, 15) is 5.11 Å². The number of hydrogen-bond donors (Lipinski definition) is 2. The highest BCUT2D eigenvalue weighted by atomic mass is 16.3. The van der Waals surface area contributed by atoms with Crippen molar-refractivity contribution in [3.63, 3.8) is 0 Å². The predicted molar refractivity (Wildman–Crippen MR) is 75.7 cm³/mol. The monoisotopic (exact) mass is 259 g/mol. The third-order valence-electron chi connectivity index (χ3n) is 3.52. The minimum atomic E-state index is -0.864. The highest BCUT2D eigenvalue weighted by molar-refractivity contribution is 5.22. The topological polar surface area (TPSA) is 50.1 Å². The maximum atomic E-state index is 10.5. The summed E-state index contributed by atoms with van der Waals surface area (Å²) in [6.45, 7) is 5.08. The summed E-state index contributed by atoms with van der Waals surface area (Å²) in [7, 11) is 1.93. The van der Waals surface area contributed by atoms with E-state index >= 15 is 0 Å². The van der Waals surface area contributed by atoms with Gasteiger partial charge in [-0.1, -0.05) is 30.3 Å². The summed E-state index contributed by atoms with van der Waals surface area (Å²) in [6, 6.07) is 9.71. The Bertz CT molecular complexity index is 532. The Balaban J connectivity index is 1.94. The quantitative estimate of drug-likeness (QED) is 0.859. The summed E-state index contributed by atoms with van der Waals surface area (Å²) < 4.78 is 1.85. The molecule has 0 saturated heterocycles. The average Bonchev–Trinajstić information content (AvgIpc) is 2.72. The van der Waals surface area contributed by atoms with Gasteiger partial charge in [-0.05, 0) is 19.4 Å². The lowest BCUT2D eigenvalue weighted by molar-refractivity contribution is 0.0566. The van der Waals surface area contributed by atoms with E-state index in [2.05, 4.69) is 10.4 Å². The zero-order valence-electron chi connectivity index (χ0n) is 11.7. The summed E-state index contributed by atoms with van der Waals surface area (Å²) in [5.74, 6) is 0. The molecule has 0 fully saturated rings. The zero-order chi connectivity index (χ0) is 13.9. The second kappa shape index (κ2) is 5.55. The van der Waals surface area contributed by atoms with Crippen LogP contribution in [0.3, 0.4) is 0 Å². The van der Waals surface area contributed by atoms with Crippen LogP contribution in [0.15, 0.2) is 36.5 Å². The van der Waals surface area contributed by atoms with Crippen LogP contribution in [0, 0.1) is 6.92 Å². The van der Waals surface area contributed by atoms with Crippen molar-refractivity contribution in [3.05, 3.63) is 53.3 Å². The molecule has 102 valence electrons. The molecule has 2 N–H and O–H groups in total. The van der Waals surface area contributed by atoms with Crippen molar-refractivity contribution in [1.82, 2.24) is 15.1 Å². The van der Waals surface area contributed by atoms with E-state index in [1.54, 1.807) is 0 Å². The number of aliphatic hydroxyl groups is 1. The van der Waals surface area contributed by atoms with Gasteiger partial charge in [-0.3, -0.25) is 4.68 Å². The molecule has 0 saturated carbocycles. The molecule has 1 unspecified atom stereocenters. The highest BCUT2D eigenvalue weighted by Crippen LogP contribution is 2.19. The van der Waals surface area contributed by atoms with Crippen LogP contribution in [0.4, 0.5) is 0 Å². The first-order valence-electron chi connectivity index (χ1n) is 6.47. The molecule has 0 amide bonds. The molecule has 0 aliphatic rings. The molecule has 0 radical (unpaired) electrons. The van der Waals surface area contributed by atoms with Crippen LogP contribution in [0.1, 0.15) is 23.7 Å². The van der Waals surface area contributed by atoms with Crippen LogP contribution in [-0.4, -0.2) is 21.4 Å².